The van der Waals surface area contributed by atoms with E-state index in [1.807, 2.05) is 20.8 Å². The maximum absolute atomic E-state index is 12.7. The molecule has 20 heavy (non-hydrogen) atoms. The van der Waals surface area contributed by atoms with Crippen molar-refractivity contribution in [2.24, 2.45) is 0 Å². The second kappa shape index (κ2) is 6.45. The van der Waals surface area contributed by atoms with Gasteiger partial charge < -0.3 is 15.2 Å². The molecular weight excluding hydrogens is 271 g/mol. The Morgan fingerprint density at radius 2 is 1.80 bits per heavy atom. The predicted molar refractivity (Wildman–Crippen MR) is 70.7 cm³/mol. The van der Waals surface area contributed by atoms with E-state index in [0.717, 1.165) is 6.07 Å². The molecule has 0 heterocycles. The molecule has 2 N–H and O–H groups in total. The van der Waals surface area contributed by atoms with Gasteiger partial charge in [0.2, 0.25) is 0 Å². The molecule has 0 saturated carbocycles. The van der Waals surface area contributed by atoms with Gasteiger partial charge in [0, 0.05) is 12.1 Å². The van der Waals surface area contributed by atoms with Crippen LogP contribution in [-0.2, 0) is 6.18 Å². The highest BCUT2D eigenvalue weighted by Crippen LogP contribution is 2.35. The first-order valence-corrected chi connectivity index (χ1v) is 6.32. The van der Waals surface area contributed by atoms with E-state index in [9.17, 15) is 18.3 Å². The number of aliphatic hydroxyl groups is 1. The number of hydrogen-bond acceptors (Lipinski definition) is 3. The monoisotopic (exact) mass is 291 g/mol. The second-order valence-electron chi connectivity index (χ2n) is 5.59. The summed E-state index contributed by atoms with van der Waals surface area (Å²) < 4.78 is 43.2. The highest BCUT2D eigenvalue weighted by molar-refractivity contribution is 5.35. The Kier molecular flexibility index (Phi) is 5.42. The number of nitrogens with one attached hydrogen (secondary N) is 1. The zero-order chi connectivity index (χ0) is 15.4. The SMILES string of the molecule is CC(C)(C)NCC(O)COc1ccccc1C(F)(F)F. The van der Waals surface area contributed by atoms with Gasteiger partial charge in [-0.05, 0) is 32.9 Å². The quantitative estimate of drug-likeness (QED) is 0.876. The van der Waals surface area contributed by atoms with Gasteiger partial charge in [0.05, 0.1) is 5.56 Å². The van der Waals surface area contributed by atoms with E-state index >= 15 is 0 Å². The van der Waals surface area contributed by atoms with Crippen LogP contribution in [0.25, 0.3) is 0 Å². The first-order valence-electron chi connectivity index (χ1n) is 6.32. The summed E-state index contributed by atoms with van der Waals surface area (Å²) in [6, 6.07) is 4.96. The molecule has 1 rings (SSSR count). The molecule has 114 valence electrons. The molecule has 0 fully saturated rings. The van der Waals surface area contributed by atoms with Crippen LogP contribution in [0.2, 0.25) is 0 Å². The summed E-state index contributed by atoms with van der Waals surface area (Å²) in [5.74, 6) is -0.269. The van der Waals surface area contributed by atoms with Crippen molar-refractivity contribution in [1.29, 1.82) is 0 Å². The number of β-amino-alcohol motifs (C(OH)–C–C–N with tert-alkyl or cyclic N) is 1. The smallest absolute Gasteiger partial charge is 0.419 e. The van der Waals surface area contributed by atoms with Crippen LogP contribution in [0.15, 0.2) is 24.3 Å². The van der Waals surface area contributed by atoms with E-state index in [2.05, 4.69) is 5.32 Å². The molecule has 0 aliphatic heterocycles. The molecular formula is C14H20F3NO2. The topological polar surface area (TPSA) is 41.5 Å². The third-order valence-electron chi connectivity index (χ3n) is 2.49. The largest absolute Gasteiger partial charge is 0.490 e. The summed E-state index contributed by atoms with van der Waals surface area (Å²) in [6.07, 6.45) is -5.35. The van der Waals surface area contributed by atoms with Gasteiger partial charge in [-0.3, -0.25) is 0 Å². The summed E-state index contributed by atoms with van der Waals surface area (Å²) in [6.45, 7) is 5.84. The maximum Gasteiger partial charge on any atom is 0.419 e. The molecule has 1 atom stereocenters. The van der Waals surface area contributed by atoms with E-state index in [1.54, 1.807) is 0 Å². The fourth-order valence-electron chi connectivity index (χ4n) is 1.50. The fraction of sp³-hybridized carbons (Fsp3) is 0.571. The third-order valence-corrected chi connectivity index (χ3v) is 2.49. The second-order valence-corrected chi connectivity index (χ2v) is 5.59. The number of halogens is 3. The van der Waals surface area contributed by atoms with Gasteiger partial charge in [-0.25, -0.2) is 0 Å². The van der Waals surface area contributed by atoms with Crippen LogP contribution in [0.5, 0.6) is 5.75 Å². The average molecular weight is 291 g/mol. The van der Waals surface area contributed by atoms with Crippen molar-refractivity contribution >= 4 is 0 Å². The summed E-state index contributed by atoms with van der Waals surface area (Å²) in [4.78, 5) is 0. The van der Waals surface area contributed by atoms with Gasteiger partial charge in [-0.2, -0.15) is 13.2 Å². The lowest BCUT2D eigenvalue weighted by Crippen LogP contribution is -2.42. The number of ether oxygens (including phenoxy) is 1. The van der Waals surface area contributed by atoms with Crippen LogP contribution in [0, 0.1) is 0 Å². The Balaban J connectivity index is 2.58. The molecule has 0 aromatic heterocycles. The minimum Gasteiger partial charge on any atom is -0.490 e. The van der Waals surface area contributed by atoms with Crippen molar-refractivity contribution in [3.05, 3.63) is 29.8 Å². The Labute approximate surface area is 116 Å². The number of para-hydroxylation sites is 1. The average Bonchev–Trinajstić information content (AvgIpc) is 2.32. The standard InChI is InChI=1S/C14H20F3NO2/c1-13(2,3)18-8-10(19)9-20-12-7-5-4-6-11(12)14(15,16)17/h4-7,10,18-19H,8-9H2,1-3H3. The van der Waals surface area contributed by atoms with Crippen molar-refractivity contribution in [1.82, 2.24) is 5.32 Å². The van der Waals surface area contributed by atoms with Crippen LogP contribution in [0.1, 0.15) is 26.3 Å². The molecule has 0 aliphatic carbocycles. The van der Waals surface area contributed by atoms with Gasteiger partial charge in [-0.15, -0.1) is 0 Å². The van der Waals surface area contributed by atoms with Gasteiger partial charge in [0.25, 0.3) is 0 Å². The molecule has 1 aromatic carbocycles. The molecule has 6 heteroatoms. The van der Waals surface area contributed by atoms with Gasteiger partial charge in [0.15, 0.2) is 0 Å². The zero-order valence-electron chi connectivity index (χ0n) is 11.8. The highest BCUT2D eigenvalue weighted by atomic mass is 19.4. The van der Waals surface area contributed by atoms with E-state index in [4.69, 9.17) is 4.74 Å². The molecule has 1 unspecified atom stereocenters. The molecule has 0 aliphatic rings. The maximum atomic E-state index is 12.7. The molecule has 0 radical (unpaired) electrons. The van der Waals surface area contributed by atoms with Gasteiger partial charge in [-0.1, -0.05) is 12.1 Å². The van der Waals surface area contributed by atoms with E-state index in [0.29, 0.717) is 0 Å². The third kappa shape index (κ3) is 5.79. The van der Waals surface area contributed by atoms with Crippen molar-refractivity contribution in [3.63, 3.8) is 0 Å². The van der Waals surface area contributed by atoms with Crippen molar-refractivity contribution < 1.29 is 23.0 Å². The first-order chi connectivity index (χ1) is 9.09. The highest BCUT2D eigenvalue weighted by Gasteiger charge is 2.34. The molecule has 0 spiro atoms. The van der Waals surface area contributed by atoms with E-state index < -0.39 is 17.8 Å². The molecule has 0 bridgehead atoms. The summed E-state index contributed by atoms with van der Waals surface area (Å²) in [5, 5.41) is 12.7. The zero-order valence-corrected chi connectivity index (χ0v) is 11.8. The number of hydrogen-bond donors (Lipinski definition) is 2. The van der Waals surface area contributed by atoms with Crippen LogP contribution < -0.4 is 10.1 Å². The van der Waals surface area contributed by atoms with E-state index in [-0.39, 0.29) is 24.4 Å². The van der Waals surface area contributed by atoms with Gasteiger partial charge >= 0.3 is 6.18 Å². The lowest BCUT2D eigenvalue weighted by atomic mass is 10.1. The molecule has 3 nitrogen and oxygen atoms in total. The van der Waals surface area contributed by atoms with Crippen molar-refractivity contribution in [2.75, 3.05) is 13.2 Å². The van der Waals surface area contributed by atoms with Crippen LogP contribution in [0.4, 0.5) is 13.2 Å². The Bertz CT molecular complexity index is 427. The summed E-state index contributed by atoms with van der Waals surface area (Å²) in [5.41, 5.74) is -1.01. The van der Waals surface area contributed by atoms with E-state index in [1.165, 1.54) is 18.2 Å². The number of alkyl halides is 3. The normalized spacial score (nSPS) is 14.2. The summed E-state index contributed by atoms with van der Waals surface area (Å²) >= 11 is 0. The van der Waals surface area contributed by atoms with Crippen LogP contribution >= 0.6 is 0 Å². The Morgan fingerprint density at radius 3 is 2.35 bits per heavy atom. The lowest BCUT2D eigenvalue weighted by Gasteiger charge is -2.23. The van der Waals surface area contributed by atoms with Crippen molar-refractivity contribution in [3.8, 4) is 5.75 Å². The number of rotatable bonds is 5. The first kappa shape index (κ1) is 16.8. The van der Waals surface area contributed by atoms with Gasteiger partial charge in [0.1, 0.15) is 18.5 Å². The predicted octanol–water partition coefficient (Wildman–Crippen LogP) is 2.83. The van der Waals surface area contributed by atoms with Crippen LogP contribution in [0.3, 0.4) is 0 Å². The Hall–Kier alpha value is -1.27. The fourth-order valence-corrected chi connectivity index (χ4v) is 1.50. The minimum atomic E-state index is -4.47. The molecule has 1 aromatic rings. The van der Waals surface area contributed by atoms with Crippen LogP contribution in [-0.4, -0.2) is 29.9 Å². The number of aliphatic hydroxyl groups excluding tert-OH is 1. The number of benzene rings is 1. The Morgan fingerprint density at radius 1 is 1.20 bits per heavy atom. The summed E-state index contributed by atoms with van der Waals surface area (Å²) in [7, 11) is 0. The minimum absolute atomic E-state index is 0.176. The molecule has 0 amide bonds. The molecule has 0 saturated heterocycles. The van der Waals surface area contributed by atoms with Crippen molar-refractivity contribution in [2.45, 2.75) is 38.6 Å². The lowest BCUT2D eigenvalue weighted by molar-refractivity contribution is -0.139.